The van der Waals surface area contributed by atoms with E-state index in [9.17, 15) is 0 Å². The summed E-state index contributed by atoms with van der Waals surface area (Å²) in [5.74, 6) is 0.929. The molecule has 1 fully saturated rings. The molecule has 1 aliphatic rings. The highest BCUT2D eigenvalue weighted by atomic mass is 16.5. The van der Waals surface area contributed by atoms with E-state index in [1.54, 1.807) is 7.11 Å². The average Bonchev–Trinajstić information content (AvgIpc) is 2.45. The number of methoxy groups -OCH3 is 1. The van der Waals surface area contributed by atoms with Crippen molar-refractivity contribution in [1.29, 1.82) is 0 Å². The molecule has 1 aromatic carbocycles. The molecule has 0 amide bonds. The summed E-state index contributed by atoms with van der Waals surface area (Å²) in [5.41, 5.74) is 7.43. The summed E-state index contributed by atoms with van der Waals surface area (Å²) in [4.78, 5) is 2.54. The summed E-state index contributed by atoms with van der Waals surface area (Å²) in [5, 5.41) is 0. The van der Waals surface area contributed by atoms with Gasteiger partial charge in [0.1, 0.15) is 5.75 Å². The van der Waals surface area contributed by atoms with Crippen LogP contribution in [0, 0.1) is 0 Å². The summed E-state index contributed by atoms with van der Waals surface area (Å²) >= 11 is 0. The Kier molecular flexibility index (Phi) is 5.23. The van der Waals surface area contributed by atoms with Gasteiger partial charge in [-0.3, -0.25) is 4.90 Å². The topological polar surface area (TPSA) is 38.5 Å². The Morgan fingerprint density at radius 2 is 2.11 bits per heavy atom. The fraction of sp³-hybridized carbons (Fsp3) is 0.625. The monoisotopic (exact) mass is 262 g/mol. The molecule has 0 saturated carbocycles. The number of hydrogen-bond donors (Lipinski definition) is 1. The molecule has 3 nitrogen and oxygen atoms in total. The number of nitrogens with two attached hydrogens (primary N) is 1. The number of likely N-dealkylation sites (tertiary alicyclic amines) is 1. The summed E-state index contributed by atoms with van der Waals surface area (Å²) in [7, 11) is 1.71. The number of ether oxygens (including phenoxy) is 1. The molecule has 3 heteroatoms. The normalized spacial score (nSPS) is 22.2. The molecule has 106 valence electrons. The Morgan fingerprint density at radius 1 is 1.37 bits per heavy atom. The molecule has 1 aliphatic heterocycles. The maximum atomic E-state index is 6.05. The van der Waals surface area contributed by atoms with E-state index in [1.165, 1.54) is 31.4 Å². The van der Waals surface area contributed by atoms with Gasteiger partial charge in [0.15, 0.2) is 0 Å². The quantitative estimate of drug-likeness (QED) is 0.886. The van der Waals surface area contributed by atoms with Crippen LogP contribution in [0.25, 0.3) is 0 Å². The summed E-state index contributed by atoms with van der Waals surface area (Å²) < 4.78 is 5.18. The minimum Gasteiger partial charge on any atom is -0.497 e. The molecule has 0 aliphatic carbocycles. The molecule has 19 heavy (non-hydrogen) atoms. The van der Waals surface area contributed by atoms with E-state index < -0.39 is 0 Å². The Labute approximate surface area is 116 Å². The van der Waals surface area contributed by atoms with E-state index in [1.807, 2.05) is 12.1 Å². The molecule has 1 heterocycles. The van der Waals surface area contributed by atoms with Crippen molar-refractivity contribution in [3.63, 3.8) is 0 Å². The summed E-state index contributed by atoms with van der Waals surface area (Å²) in [6.45, 7) is 4.59. The van der Waals surface area contributed by atoms with E-state index in [0.29, 0.717) is 12.1 Å². The number of nitrogens with zero attached hydrogens (tertiary/aromatic N) is 1. The number of piperidine rings is 1. The second-order valence-electron chi connectivity index (χ2n) is 5.63. The largest absolute Gasteiger partial charge is 0.497 e. The lowest BCUT2D eigenvalue weighted by Gasteiger charge is -2.35. The van der Waals surface area contributed by atoms with Crippen LogP contribution < -0.4 is 10.5 Å². The first-order valence-electron chi connectivity index (χ1n) is 7.31. The number of benzene rings is 1. The number of aryl methyl sites for hydroxylation is 1. The lowest BCUT2D eigenvalue weighted by Crippen LogP contribution is -2.46. The van der Waals surface area contributed by atoms with Crippen LogP contribution in [0.15, 0.2) is 24.3 Å². The highest BCUT2D eigenvalue weighted by molar-refractivity contribution is 5.27. The SMILES string of the molecule is COc1ccc(CCC(C)N2CCCC(N)C2)cc1. The van der Waals surface area contributed by atoms with Gasteiger partial charge in [-0.2, -0.15) is 0 Å². The Balaban J connectivity index is 1.80. The third-order valence-corrected chi connectivity index (χ3v) is 4.12. The maximum absolute atomic E-state index is 6.05. The summed E-state index contributed by atoms with van der Waals surface area (Å²) in [6.07, 6.45) is 4.74. The van der Waals surface area contributed by atoms with Crippen LogP contribution in [0.4, 0.5) is 0 Å². The zero-order valence-electron chi connectivity index (χ0n) is 12.1. The van der Waals surface area contributed by atoms with E-state index in [2.05, 4.69) is 24.0 Å². The first kappa shape index (κ1) is 14.4. The standard InChI is InChI=1S/C16H26N2O/c1-13(18-11-3-4-15(17)12-18)5-6-14-7-9-16(19-2)10-8-14/h7-10,13,15H,3-6,11-12,17H2,1-2H3. The third-order valence-electron chi connectivity index (χ3n) is 4.12. The van der Waals surface area contributed by atoms with Crippen LogP contribution in [0.2, 0.25) is 0 Å². The van der Waals surface area contributed by atoms with E-state index in [-0.39, 0.29) is 0 Å². The van der Waals surface area contributed by atoms with Gasteiger partial charge in [-0.15, -0.1) is 0 Å². The Hall–Kier alpha value is -1.06. The second-order valence-corrected chi connectivity index (χ2v) is 5.63. The Morgan fingerprint density at radius 3 is 2.74 bits per heavy atom. The van der Waals surface area contributed by atoms with E-state index >= 15 is 0 Å². The molecular formula is C16H26N2O. The maximum Gasteiger partial charge on any atom is 0.118 e. The van der Waals surface area contributed by atoms with Crippen molar-refractivity contribution in [1.82, 2.24) is 4.90 Å². The van der Waals surface area contributed by atoms with E-state index in [4.69, 9.17) is 10.5 Å². The van der Waals surface area contributed by atoms with Gasteiger partial charge in [-0.1, -0.05) is 12.1 Å². The van der Waals surface area contributed by atoms with Gasteiger partial charge in [0.25, 0.3) is 0 Å². The predicted octanol–water partition coefficient (Wildman–Crippen LogP) is 2.44. The van der Waals surface area contributed by atoms with Crippen molar-refractivity contribution in [3.05, 3.63) is 29.8 Å². The molecule has 2 rings (SSSR count). The molecule has 0 bridgehead atoms. The van der Waals surface area contributed by atoms with Gasteiger partial charge < -0.3 is 10.5 Å². The lowest BCUT2D eigenvalue weighted by atomic mass is 10.0. The van der Waals surface area contributed by atoms with Gasteiger partial charge in [-0.05, 0) is 56.8 Å². The van der Waals surface area contributed by atoms with Crippen LogP contribution in [0.1, 0.15) is 31.7 Å². The summed E-state index contributed by atoms with van der Waals surface area (Å²) in [6, 6.07) is 9.39. The van der Waals surface area contributed by atoms with Crippen molar-refractivity contribution in [3.8, 4) is 5.75 Å². The van der Waals surface area contributed by atoms with Gasteiger partial charge in [0.05, 0.1) is 7.11 Å². The van der Waals surface area contributed by atoms with Crippen LogP contribution in [-0.4, -0.2) is 37.2 Å². The average molecular weight is 262 g/mol. The first-order valence-corrected chi connectivity index (χ1v) is 7.31. The zero-order valence-corrected chi connectivity index (χ0v) is 12.1. The van der Waals surface area contributed by atoms with Crippen molar-refractivity contribution in [2.75, 3.05) is 20.2 Å². The fourth-order valence-corrected chi connectivity index (χ4v) is 2.79. The highest BCUT2D eigenvalue weighted by Gasteiger charge is 2.20. The molecule has 1 aromatic rings. The molecule has 0 aromatic heterocycles. The predicted molar refractivity (Wildman–Crippen MR) is 79.6 cm³/mol. The van der Waals surface area contributed by atoms with Gasteiger partial charge in [0.2, 0.25) is 0 Å². The molecule has 1 saturated heterocycles. The van der Waals surface area contributed by atoms with Crippen LogP contribution in [0.3, 0.4) is 0 Å². The first-order chi connectivity index (χ1) is 9.19. The third kappa shape index (κ3) is 4.22. The second kappa shape index (κ2) is 6.92. The number of hydrogen-bond acceptors (Lipinski definition) is 3. The highest BCUT2D eigenvalue weighted by Crippen LogP contribution is 2.17. The molecule has 2 atom stereocenters. The van der Waals surface area contributed by atoms with Crippen LogP contribution in [-0.2, 0) is 6.42 Å². The molecular weight excluding hydrogens is 236 g/mol. The van der Waals surface area contributed by atoms with Gasteiger partial charge >= 0.3 is 0 Å². The molecule has 2 N–H and O–H groups in total. The lowest BCUT2D eigenvalue weighted by molar-refractivity contribution is 0.152. The van der Waals surface area contributed by atoms with Gasteiger partial charge in [-0.25, -0.2) is 0 Å². The molecule has 0 spiro atoms. The van der Waals surface area contributed by atoms with Crippen LogP contribution in [0.5, 0.6) is 5.75 Å². The smallest absolute Gasteiger partial charge is 0.118 e. The number of rotatable bonds is 5. The van der Waals surface area contributed by atoms with E-state index in [0.717, 1.165) is 18.7 Å². The minimum atomic E-state index is 0.372. The minimum absolute atomic E-state index is 0.372. The van der Waals surface area contributed by atoms with Crippen LogP contribution >= 0.6 is 0 Å². The molecule has 0 radical (unpaired) electrons. The molecule has 2 unspecified atom stereocenters. The van der Waals surface area contributed by atoms with Gasteiger partial charge in [0, 0.05) is 18.6 Å². The fourth-order valence-electron chi connectivity index (χ4n) is 2.79. The zero-order chi connectivity index (χ0) is 13.7. The van der Waals surface area contributed by atoms with Crippen molar-refractivity contribution < 1.29 is 4.74 Å². The Bertz CT molecular complexity index is 377. The van der Waals surface area contributed by atoms with Crippen molar-refractivity contribution >= 4 is 0 Å². The van der Waals surface area contributed by atoms with Crippen molar-refractivity contribution in [2.24, 2.45) is 5.73 Å². The van der Waals surface area contributed by atoms with Crippen molar-refractivity contribution in [2.45, 2.75) is 44.7 Å².